The molecule has 2 amide bonds. The van der Waals surface area contributed by atoms with E-state index in [4.69, 9.17) is 4.74 Å². The van der Waals surface area contributed by atoms with Crippen molar-refractivity contribution >= 4 is 29.1 Å². The predicted octanol–water partition coefficient (Wildman–Crippen LogP) is 1.98. The fourth-order valence-electron chi connectivity index (χ4n) is 2.52. The summed E-state index contributed by atoms with van der Waals surface area (Å²) < 4.78 is 4.74. The number of rotatable bonds is 5. The highest BCUT2D eigenvalue weighted by atomic mass is 32.1. The number of nitrogens with one attached hydrogen (secondary N) is 2. The SMILES string of the molecule is CCOC(=O)CCC(=O)NNC(=O)c1cc2c(s1)CC[C@@H](C)C2. The van der Waals surface area contributed by atoms with E-state index >= 15 is 0 Å². The Morgan fingerprint density at radius 3 is 2.83 bits per heavy atom. The van der Waals surface area contributed by atoms with E-state index in [1.54, 1.807) is 6.92 Å². The Morgan fingerprint density at radius 1 is 1.30 bits per heavy atom. The quantitative estimate of drug-likeness (QED) is 0.635. The highest BCUT2D eigenvalue weighted by Crippen LogP contribution is 2.32. The maximum Gasteiger partial charge on any atom is 0.306 e. The third-order valence-corrected chi connectivity index (χ3v) is 4.97. The van der Waals surface area contributed by atoms with Crippen molar-refractivity contribution in [3.05, 3.63) is 21.4 Å². The molecule has 23 heavy (non-hydrogen) atoms. The lowest BCUT2D eigenvalue weighted by atomic mass is 9.90. The normalized spacial score (nSPS) is 16.3. The molecular formula is C16H22N2O4S. The number of fused-ring (bicyclic) bond motifs is 1. The summed E-state index contributed by atoms with van der Waals surface area (Å²) in [6.45, 7) is 4.21. The molecule has 2 N–H and O–H groups in total. The molecule has 7 heteroatoms. The third kappa shape index (κ3) is 5.06. The van der Waals surface area contributed by atoms with Gasteiger partial charge in [-0.05, 0) is 43.7 Å². The first-order valence-corrected chi connectivity index (χ1v) is 8.67. The molecule has 126 valence electrons. The van der Waals surface area contributed by atoms with Crippen LogP contribution < -0.4 is 10.9 Å². The molecule has 6 nitrogen and oxygen atoms in total. The highest BCUT2D eigenvalue weighted by Gasteiger charge is 2.20. The lowest BCUT2D eigenvalue weighted by Gasteiger charge is -2.16. The number of hydrogen-bond donors (Lipinski definition) is 2. The van der Waals surface area contributed by atoms with Gasteiger partial charge in [-0.3, -0.25) is 25.2 Å². The second-order valence-electron chi connectivity index (χ2n) is 5.71. The second-order valence-corrected chi connectivity index (χ2v) is 6.85. The number of ether oxygens (including phenoxy) is 1. The molecule has 1 aliphatic rings. The number of carbonyl (C=O) groups is 3. The van der Waals surface area contributed by atoms with Crippen LogP contribution in [0.4, 0.5) is 0 Å². The van der Waals surface area contributed by atoms with Crippen LogP contribution in [0.1, 0.15) is 53.2 Å². The molecule has 0 bridgehead atoms. The summed E-state index contributed by atoms with van der Waals surface area (Å²) in [6.07, 6.45) is 3.16. The van der Waals surface area contributed by atoms with Crippen LogP contribution >= 0.6 is 11.3 Å². The second kappa shape index (κ2) is 8.10. The van der Waals surface area contributed by atoms with Crippen molar-refractivity contribution in [2.24, 2.45) is 5.92 Å². The fourth-order valence-corrected chi connectivity index (χ4v) is 3.62. The van der Waals surface area contributed by atoms with Crippen LogP contribution in [-0.4, -0.2) is 24.4 Å². The van der Waals surface area contributed by atoms with Gasteiger partial charge in [0.25, 0.3) is 5.91 Å². The Balaban J connectivity index is 1.79. The molecule has 0 saturated carbocycles. The standard InChI is InChI=1S/C16H22N2O4S/c1-3-22-15(20)7-6-14(19)17-18-16(21)13-9-11-8-10(2)4-5-12(11)23-13/h9-10H,3-8H2,1-2H3,(H,17,19)(H,18,21)/t10-/m1/s1. The summed E-state index contributed by atoms with van der Waals surface area (Å²) in [4.78, 5) is 36.7. The number of thiophene rings is 1. The molecular weight excluding hydrogens is 316 g/mol. The third-order valence-electron chi connectivity index (χ3n) is 3.73. The monoisotopic (exact) mass is 338 g/mol. The Labute approximate surface area is 139 Å². The summed E-state index contributed by atoms with van der Waals surface area (Å²) in [5.41, 5.74) is 5.97. The summed E-state index contributed by atoms with van der Waals surface area (Å²) >= 11 is 1.48. The zero-order chi connectivity index (χ0) is 16.8. The molecule has 1 atom stereocenters. The molecule has 1 aromatic heterocycles. The first-order valence-electron chi connectivity index (χ1n) is 7.86. The number of carbonyl (C=O) groups excluding carboxylic acids is 3. The zero-order valence-corrected chi connectivity index (χ0v) is 14.3. The Hall–Kier alpha value is -1.89. The van der Waals surface area contributed by atoms with Gasteiger partial charge >= 0.3 is 5.97 Å². The van der Waals surface area contributed by atoms with Crippen molar-refractivity contribution in [3.63, 3.8) is 0 Å². The lowest BCUT2D eigenvalue weighted by molar-refractivity contribution is -0.144. The summed E-state index contributed by atoms with van der Waals surface area (Å²) in [5, 5.41) is 0. The van der Waals surface area contributed by atoms with E-state index in [0.717, 1.165) is 19.3 Å². The van der Waals surface area contributed by atoms with E-state index in [-0.39, 0.29) is 18.7 Å². The maximum absolute atomic E-state index is 12.1. The van der Waals surface area contributed by atoms with Gasteiger partial charge in [0.2, 0.25) is 5.91 Å². The van der Waals surface area contributed by atoms with E-state index in [2.05, 4.69) is 17.8 Å². The molecule has 0 saturated heterocycles. The first kappa shape index (κ1) is 17.5. The Bertz CT molecular complexity index is 597. The summed E-state index contributed by atoms with van der Waals surface area (Å²) in [7, 11) is 0. The molecule has 2 rings (SSSR count). The van der Waals surface area contributed by atoms with Gasteiger partial charge in [0.15, 0.2) is 0 Å². The molecule has 0 aromatic carbocycles. The molecule has 0 aliphatic heterocycles. The van der Waals surface area contributed by atoms with Crippen molar-refractivity contribution in [1.82, 2.24) is 10.9 Å². The van der Waals surface area contributed by atoms with E-state index in [9.17, 15) is 14.4 Å². The number of esters is 1. The van der Waals surface area contributed by atoms with E-state index in [0.29, 0.717) is 17.4 Å². The minimum absolute atomic E-state index is 0.000725. The summed E-state index contributed by atoms with van der Waals surface area (Å²) in [5.74, 6) is -0.507. The minimum Gasteiger partial charge on any atom is -0.466 e. The highest BCUT2D eigenvalue weighted by molar-refractivity contribution is 7.14. The molecule has 1 heterocycles. The van der Waals surface area contributed by atoms with Crippen molar-refractivity contribution < 1.29 is 19.1 Å². The van der Waals surface area contributed by atoms with E-state index < -0.39 is 11.9 Å². The molecule has 1 aromatic rings. The van der Waals surface area contributed by atoms with Gasteiger partial charge in [0, 0.05) is 11.3 Å². The van der Waals surface area contributed by atoms with Crippen molar-refractivity contribution in [3.8, 4) is 0 Å². The van der Waals surface area contributed by atoms with E-state index in [1.807, 2.05) is 6.07 Å². The van der Waals surface area contributed by atoms with Gasteiger partial charge in [-0.2, -0.15) is 0 Å². The molecule has 0 fully saturated rings. The van der Waals surface area contributed by atoms with Crippen LogP contribution in [0.2, 0.25) is 0 Å². The van der Waals surface area contributed by atoms with Crippen LogP contribution in [0.25, 0.3) is 0 Å². The van der Waals surface area contributed by atoms with Crippen molar-refractivity contribution in [2.75, 3.05) is 6.61 Å². The smallest absolute Gasteiger partial charge is 0.306 e. The molecule has 0 radical (unpaired) electrons. The Morgan fingerprint density at radius 2 is 2.09 bits per heavy atom. The number of aryl methyl sites for hydroxylation is 1. The fraction of sp³-hybridized carbons (Fsp3) is 0.562. The summed E-state index contributed by atoms with van der Waals surface area (Å²) in [6, 6.07) is 1.91. The first-order chi connectivity index (χ1) is 11.0. The zero-order valence-electron chi connectivity index (χ0n) is 13.4. The van der Waals surface area contributed by atoms with Crippen LogP contribution in [0.3, 0.4) is 0 Å². The predicted molar refractivity (Wildman–Crippen MR) is 87.0 cm³/mol. The molecule has 0 unspecified atom stereocenters. The van der Waals surface area contributed by atoms with Crippen LogP contribution in [-0.2, 0) is 27.2 Å². The van der Waals surface area contributed by atoms with Crippen LogP contribution in [0.15, 0.2) is 6.07 Å². The van der Waals surface area contributed by atoms with E-state index in [1.165, 1.54) is 21.8 Å². The van der Waals surface area contributed by atoms with Gasteiger partial charge in [0.05, 0.1) is 17.9 Å². The topological polar surface area (TPSA) is 84.5 Å². The van der Waals surface area contributed by atoms with Crippen LogP contribution in [0.5, 0.6) is 0 Å². The number of hydrazine groups is 1. The number of amides is 2. The van der Waals surface area contributed by atoms with Gasteiger partial charge in [-0.15, -0.1) is 11.3 Å². The Kier molecular flexibility index (Phi) is 6.15. The average Bonchev–Trinajstić information content (AvgIpc) is 2.94. The van der Waals surface area contributed by atoms with Gasteiger partial charge < -0.3 is 4.74 Å². The minimum atomic E-state index is -0.422. The van der Waals surface area contributed by atoms with Crippen molar-refractivity contribution in [2.45, 2.75) is 46.0 Å². The molecule has 0 spiro atoms. The lowest BCUT2D eigenvalue weighted by Crippen LogP contribution is -2.41. The van der Waals surface area contributed by atoms with Gasteiger partial charge in [0.1, 0.15) is 0 Å². The van der Waals surface area contributed by atoms with Gasteiger partial charge in [-0.1, -0.05) is 6.92 Å². The van der Waals surface area contributed by atoms with Crippen LogP contribution in [0, 0.1) is 5.92 Å². The molecule has 1 aliphatic carbocycles. The van der Waals surface area contributed by atoms with Gasteiger partial charge in [-0.25, -0.2) is 0 Å². The van der Waals surface area contributed by atoms with Crippen molar-refractivity contribution in [1.29, 1.82) is 0 Å². The largest absolute Gasteiger partial charge is 0.466 e. The maximum atomic E-state index is 12.1. The number of hydrogen-bond acceptors (Lipinski definition) is 5. The average molecular weight is 338 g/mol.